The van der Waals surface area contributed by atoms with E-state index in [0.717, 1.165) is 12.8 Å². The molecule has 0 spiro atoms. The molecule has 24 heavy (non-hydrogen) atoms. The minimum Gasteiger partial charge on any atom is -0.491 e. The van der Waals surface area contributed by atoms with Crippen molar-refractivity contribution in [3.8, 4) is 5.75 Å². The van der Waals surface area contributed by atoms with Crippen molar-refractivity contribution in [1.82, 2.24) is 0 Å². The SMILES string of the molecule is CCCCOc1ccccc1NC(=O)c1cccc([N+](=O)[O-])c1C. The molecule has 0 bridgehead atoms. The highest BCUT2D eigenvalue weighted by Gasteiger charge is 2.18. The van der Waals surface area contributed by atoms with Crippen molar-refractivity contribution >= 4 is 17.3 Å². The Morgan fingerprint density at radius 1 is 1.21 bits per heavy atom. The van der Waals surface area contributed by atoms with Gasteiger partial charge in [-0.1, -0.05) is 31.5 Å². The van der Waals surface area contributed by atoms with Crippen LogP contribution in [-0.2, 0) is 0 Å². The maximum Gasteiger partial charge on any atom is 0.273 e. The Labute approximate surface area is 140 Å². The van der Waals surface area contributed by atoms with Gasteiger partial charge in [0.05, 0.1) is 17.2 Å². The summed E-state index contributed by atoms with van der Waals surface area (Å²) in [5.74, 6) is 0.185. The fraction of sp³-hybridized carbons (Fsp3) is 0.278. The molecule has 1 amide bonds. The quantitative estimate of drug-likeness (QED) is 0.466. The van der Waals surface area contributed by atoms with Crippen LogP contribution < -0.4 is 10.1 Å². The van der Waals surface area contributed by atoms with E-state index in [2.05, 4.69) is 12.2 Å². The van der Waals surface area contributed by atoms with Crippen molar-refractivity contribution in [2.24, 2.45) is 0 Å². The zero-order valence-corrected chi connectivity index (χ0v) is 13.7. The van der Waals surface area contributed by atoms with Crippen molar-refractivity contribution in [3.05, 3.63) is 63.7 Å². The van der Waals surface area contributed by atoms with E-state index in [0.29, 0.717) is 23.6 Å². The molecule has 2 rings (SSSR count). The minimum absolute atomic E-state index is 0.0740. The van der Waals surface area contributed by atoms with Gasteiger partial charge in [-0.05, 0) is 31.5 Å². The smallest absolute Gasteiger partial charge is 0.273 e. The average Bonchev–Trinajstić information content (AvgIpc) is 2.56. The number of hydrogen-bond acceptors (Lipinski definition) is 4. The topological polar surface area (TPSA) is 81.5 Å². The number of nitro groups is 1. The van der Waals surface area contributed by atoms with Gasteiger partial charge < -0.3 is 10.1 Å². The normalized spacial score (nSPS) is 10.2. The molecule has 0 aromatic heterocycles. The molecule has 0 fully saturated rings. The number of rotatable bonds is 7. The number of amides is 1. The summed E-state index contributed by atoms with van der Waals surface area (Å²) < 4.78 is 5.68. The van der Waals surface area contributed by atoms with Crippen LogP contribution in [0.2, 0.25) is 0 Å². The lowest BCUT2D eigenvalue weighted by atomic mass is 10.1. The molecule has 6 heteroatoms. The number of nitro benzene ring substituents is 1. The highest BCUT2D eigenvalue weighted by molar-refractivity contribution is 6.06. The van der Waals surface area contributed by atoms with Crippen molar-refractivity contribution in [1.29, 1.82) is 0 Å². The summed E-state index contributed by atoms with van der Waals surface area (Å²) in [6, 6.07) is 11.6. The van der Waals surface area contributed by atoms with Gasteiger partial charge in [-0.3, -0.25) is 14.9 Å². The van der Waals surface area contributed by atoms with E-state index in [1.807, 2.05) is 6.07 Å². The van der Waals surface area contributed by atoms with E-state index in [1.165, 1.54) is 12.1 Å². The molecule has 0 radical (unpaired) electrons. The van der Waals surface area contributed by atoms with Crippen LogP contribution in [0.15, 0.2) is 42.5 Å². The van der Waals surface area contributed by atoms with E-state index in [9.17, 15) is 14.9 Å². The molecule has 2 aromatic carbocycles. The maximum atomic E-state index is 12.5. The highest BCUT2D eigenvalue weighted by atomic mass is 16.6. The Morgan fingerprint density at radius 3 is 2.67 bits per heavy atom. The first-order valence-electron chi connectivity index (χ1n) is 7.81. The Hall–Kier alpha value is -2.89. The predicted octanol–water partition coefficient (Wildman–Crippen LogP) is 4.33. The molecule has 1 N–H and O–H groups in total. The van der Waals surface area contributed by atoms with Crippen LogP contribution in [0.4, 0.5) is 11.4 Å². The Kier molecular flexibility index (Phi) is 5.89. The first-order valence-corrected chi connectivity index (χ1v) is 7.81. The summed E-state index contributed by atoms with van der Waals surface area (Å²) in [6.45, 7) is 4.21. The summed E-state index contributed by atoms with van der Waals surface area (Å²) in [7, 11) is 0. The molecule has 0 aliphatic rings. The number of hydrogen-bond donors (Lipinski definition) is 1. The van der Waals surface area contributed by atoms with E-state index in [-0.39, 0.29) is 11.3 Å². The fourth-order valence-electron chi connectivity index (χ4n) is 2.28. The van der Waals surface area contributed by atoms with Gasteiger partial charge in [-0.2, -0.15) is 0 Å². The van der Waals surface area contributed by atoms with Crippen molar-refractivity contribution in [2.75, 3.05) is 11.9 Å². The van der Waals surface area contributed by atoms with Crippen LogP contribution >= 0.6 is 0 Å². The second-order valence-corrected chi connectivity index (χ2v) is 5.36. The Morgan fingerprint density at radius 2 is 1.96 bits per heavy atom. The average molecular weight is 328 g/mol. The lowest BCUT2D eigenvalue weighted by molar-refractivity contribution is -0.385. The first-order chi connectivity index (χ1) is 11.5. The molecule has 6 nitrogen and oxygen atoms in total. The van der Waals surface area contributed by atoms with E-state index in [4.69, 9.17) is 4.74 Å². The Balaban J connectivity index is 2.22. The number of ether oxygens (including phenoxy) is 1. The maximum absolute atomic E-state index is 12.5. The fourth-order valence-corrected chi connectivity index (χ4v) is 2.28. The van der Waals surface area contributed by atoms with Crippen LogP contribution in [0.25, 0.3) is 0 Å². The lowest BCUT2D eigenvalue weighted by Crippen LogP contribution is -2.15. The number of benzene rings is 2. The van der Waals surface area contributed by atoms with Gasteiger partial charge >= 0.3 is 0 Å². The first kappa shape index (κ1) is 17.5. The van der Waals surface area contributed by atoms with Crippen molar-refractivity contribution < 1.29 is 14.5 Å². The number of anilines is 1. The second kappa shape index (κ2) is 8.10. The van der Waals surface area contributed by atoms with Gasteiger partial charge in [0.15, 0.2) is 0 Å². The minimum atomic E-state index is -0.492. The van der Waals surface area contributed by atoms with E-state index < -0.39 is 10.8 Å². The van der Waals surface area contributed by atoms with Crippen LogP contribution in [0, 0.1) is 17.0 Å². The molecule has 0 aliphatic heterocycles. The third-order valence-corrected chi connectivity index (χ3v) is 3.64. The molecule has 126 valence electrons. The molecule has 0 aliphatic carbocycles. The zero-order valence-electron chi connectivity index (χ0n) is 13.7. The third-order valence-electron chi connectivity index (χ3n) is 3.64. The number of para-hydroxylation sites is 2. The molecule has 0 atom stereocenters. The van der Waals surface area contributed by atoms with Gasteiger partial charge in [0.2, 0.25) is 0 Å². The summed E-state index contributed by atoms with van der Waals surface area (Å²) in [5.41, 5.74) is 1.08. The second-order valence-electron chi connectivity index (χ2n) is 5.36. The van der Waals surface area contributed by atoms with E-state index >= 15 is 0 Å². The molecule has 2 aromatic rings. The van der Waals surface area contributed by atoms with E-state index in [1.54, 1.807) is 31.2 Å². The predicted molar refractivity (Wildman–Crippen MR) is 92.6 cm³/mol. The van der Waals surface area contributed by atoms with Crippen LogP contribution in [0.1, 0.15) is 35.7 Å². The zero-order chi connectivity index (χ0) is 17.5. The van der Waals surface area contributed by atoms with Gasteiger partial charge in [0.1, 0.15) is 5.75 Å². The van der Waals surface area contributed by atoms with Crippen LogP contribution in [-0.4, -0.2) is 17.4 Å². The van der Waals surface area contributed by atoms with Crippen LogP contribution in [0.3, 0.4) is 0 Å². The molecule has 0 unspecified atom stereocenters. The number of unbranched alkanes of at least 4 members (excludes halogenated alkanes) is 1. The van der Waals surface area contributed by atoms with Gasteiger partial charge in [-0.15, -0.1) is 0 Å². The number of nitrogens with zero attached hydrogens (tertiary/aromatic N) is 1. The molecule has 0 heterocycles. The monoisotopic (exact) mass is 328 g/mol. The van der Waals surface area contributed by atoms with Crippen LogP contribution in [0.5, 0.6) is 5.75 Å². The van der Waals surface area contributed by atoms with Gasteiger partial charge in [-0.25, -0.2) is 0 Å². The lowest BCUT2D eigenvalue weighted by Gasteiger charge is -2.13. The van der Waals surface area contributed by atoms with Crippen molar-refractivity contribution in [3.63, 3.8) is 0 Å². The number of nitrogens with one attached hydrogen (secondary N) is 1. The van der Waals surface area contributed by atoms with Crippen molar-refractivity contribution in [2.45, 2.75) is 26.7 Å². The summed E-state index contributed by atoms with van der Waals surface area (Å²) in [5, 5.41) is 13.8. The number of carbonyl (C=O) groups is 1. The summed E-state index contributed by atoms with van der Waals surface area (Å²) in [6.07, 6.45) is 1.94. The molecule has 0 saturated carbocycles. The largest absolute Gasteiger partial charge is 0.491 e. The van der Waals surface area contributed by atoms with Gasteiger partial charge in [0.25, 0.3) is 11.6 Å². The molecular weight excluding hydrogens is 308 g/mol. The highest BCUT2D eigenvalue weighted by Crippen LogP contribution is 2.26. The summed E-state index contributed by atoms with van der Waals surface area (Å²) >= 11 is 0. The molecular formula is C18H20N2O4. The standard InChI is InChI=1S/C18H20N2O4/c1-3-4-12-24-17-11-6-5-9-15(17)19-18(21)14-8-7-10-16(13(14)2)20(22)23/h5-11H,3-4,12H2,1-2H3,(H,19,21). The molecule has 0 saturated heterocycles. The Bertz CT molecular complexity index is 744. The summed E-state index contributed by atoms with van der Waals surface area (Å²) in [4.78, 5) is 23.0. The third kappa shape index (κ3) is 4.10. The van der Waals surface area contributed by atoms with Gasteiger partial charge in [0, 0.05) is 17.2 Å². The number of carbonyl (C=O) groups excluding carboxylic acids is 1.